The zero-order chi connectivity index (χ0) is 17.3. The quantitative estimate of drug-likeness (QED) is 0.418. The highest BCUT2D eigenvalue weighted by Gasteiger charge is 2.12. The molecule has 3 aromatic rings. The summed E-state index contributed by atoms with van der Waals surface area (Å²) < 4.78 is 31.7. The van der Waals surface area contributed by atoms with Crippen molar-refractivity contribution >= 4 is 38.0 Å². The lowest BCUT2D eigenvalue weighted by Crippen LogP contribution is -1.98. The predicted molar refractivity (Wildman–Crippen MR) is 93.5 cm³/mol. The zero-order valence-electron chi connectivity index (χ0n) is 12.8. The van der Waals surface area contributed by atoms with Crippen LogP contribution in [0.1, 0.15) is 5.56 Å². The molecule has 3 N–H and O–H groups in total. The van der Waals surface area contributed by atoms with Crippen LogP contribution in [0.2, 0.25) is 0 Å². The summed E-state index contributed by atoms with van der Waals surface area (Å²) >= 11 is 0. The molecule has 6 nitrogen and oxygen atoms in total. The van der Waals surface area contributed by atoms with Crippen molar-refractivity contribution in [3.05, 3.63) is 60.2 Å². The van der Waals surface area contributed by atoms with E-state index in [1.807, 2.05) is 31.2 Å². The van der Waals surface area contributed by atoms with Gasteiger partial charge in [0.25, 0.3) is 10.1 Å². The van der Waals surface area contributed by atoms with Gasteiger partial charge < -0.3 is 5.73 Å². The molecule has 0 atom stereocenters. The van der Waals surface area contributed by atoms with Gasteiger partial charge in [-0.1, -0.05) is 23.8 Å². The standard InChI is InChI=1S/C17H15N3O3S/c1-11-2-4-12(5-3-11)19-20-17-9-8-16(18)15-10-13(24(21,22)23)6-7-14(15)17/h2-10H,18H2,1H3,(H,21,22,23). The smallest absolute Gasteiger partial charge is 0.294 e. The minimum Gasteiger partial charge on any atom is -0.398 e. The predicted octanol–water partition coefficient (Wildman–Crippen LogP) is 4.39. The summed E-state index contributed by atoms with van der Waals surface area (Å²) in [6.07, 6.45) is 0. The summed E-state index contributed by atoms with van der Waals surface area (Å²) in [5, 5.41) is 9.55. The lowest BCUT2D eigenvalue weighted by molar-refractivity contribution is 0.483. The Labute approximate surface area is 139 Å². The molecule has 0 aliphatic rings. The SMILES string of the molecule is Cc1ccc(N=Nc2ccc(N)c3cc(S(=O)(=O)O)ccc23)cc1. The minimum absolute atomic E-state index is 0.214. The number of anilines is 1. The second kappa shape index (κ2) is 6.03. The average molecular weight is 341 g/mol. The summed E-state index contributed by atoms with van der Waals surface area (Å²) in [5.74, 6) is 0. The Morgan fingerprint density at radius 1 is 0.917 bits per heavy atom. The maximum Gasteiger partial charge on any atom is 0.294 e. The third-order valence-corrected chi connectivity index (χ3v) is 4.45. The summed E-state index contributed by atoms with van der Waals surface area (Å²) in [6.45, 7) is 1.99. The van der Waals surface area contributed by atoms with Crippen LogP contribution in [-0.4, -0.2) is 13.0 Å². The number of nitrogen functional groups attached to an aromatic ring is 1. The molecule has 0 spiro atoms. The molecule has 0 aromatic heterocycles. The van der Waals surface area contributed by atoms with E-state index in [0.29, 0.717) is 27.8 Å². The molecular weight excluding hydrogens is 326 g/mol. The first-order chi connectivity index (χ1) is 11.3. The van der Waals surface area contributed by atoms with Crippen molar-refractivity contribution in [3.8, 4) is 0 Å². The molecule has 7 heteroatoms. The Hall–Kier alpha value is -2.77. The van der Waals surface area contributed by atoms with Gasteiger partial charge in [-0.25, -0.2) is 0 Å². The molecule has 0 heterocycles. The monoisotopic (exact) mass is 341 g/mol. The van der Waals surface area contributed by atoms with E-state index in [1.165, 1.54) is 12.1 Å². The Balaban J connectivity index is 2.09. The first-order valence-electron chi connectivity index (χ1n) is 7.13. The van der Waals surface area contributed by atoms with Gasteiger partial charge in [0.05, 0.1) is 16.3 Å². The summed E-state index contributed by atoms with van der Waals surface area (Å²) in [6, 6.07) is 15.1. The number of benzene rings is 3. The second-order valence-corrected chi connectivity index (χ2v) is 6.81. The van der Waals surface area contributed by atoms with Crippen LogP contribution in [0.15, 0.2) is 69.7 Å². The van der Waals surface area contributed by atoms with Crippen molar-refractivity contribution in [1.29, 1.82) is 0 Å². The van der Waals surface area contributed by atoms with Crippen LogP contribution in [0.5, 0.6) is 0 Å². The van der Waals surface area contributed by atoms with E-state index in [0.717, 1.165) is 5.56 Å². The second-order valence-electron chi connectivity index (χ2n) is 5.39. The first kappa shape index (κ1) is 16.1. The maximum atomic E-state index is 11.3. The van der Waals surface area contributed by atoms with E-state index >= 15 is 0 Å². The normalized spacial score (nSPS) is 12.1. The van der Waals surface area contributed by atoms with Crippen LogP contribution in [0.4, 0.5) is 17.1 Å². The molecule has 24 heavy (non-hydrogen) atoms. The van der Waals surface area contributed by atoms with Gasteiger partial charge in [0, 0.05) is 16.5 Å². The van der Waals surface area contributed by atoms with E-state index in [2.05, 4.69) is 10.2 Å². The number of aryl methyl sites for hydroxylation is 1. The van der Waals surface area contributed by atoms with E-state index < -0.39 is 10.1 Å². The fraction of sp³-hybridized carbons (Fsp3) is 0.0588. The van der Waals surface area contributed by atoms with Gasteiger partial charge in [-0.3, -0.25) is 4.55 Å². The van der Waals surface area contributed by atoms with Crippen LogP contribution in [0.3, 0.4) is 0 Å². The Kier molecular flexibility index (Phi) is 4.04. The number of azo groups is 1. The van der Waals surface area contributed by atoms with Crippen LogP contribution in [0, 0.1) is 6.92 Å². The number of nitrogens with zero attached hydrogens (tertiary/aromatic N) is 2. The lowest BCUT2D eigenvalue weighted by Gasteiger charge is -2.06. The fourth-order valence-corrected chi connectivity index (χ4v) is 2.81. The van der Waals surface area contributed by atoms with Crippen LogP contribution < -0.4 is 5.73 Å². The molecule has 0 fully saturated rings. The van der Waals surface area contributed by atoms with Gasteiger partial charge in [0.15, 0.2) is 0 Å². The lowest BCUT2D eigenvalue weighted by atomic mass is 10.1. The highest BCUT2D eigenvalue weighted by molar-refractivity contribution is 7.85. The number of rotatable bonds is 3. The molecule has 0 amide bonds. The molecule has 3 aromatic carbocycles. The molecule has 0 saturated carbocycles. The van der Waals surface area contributed by atoms with E-state index in [-0.39, 0.29) is 4.90 Å². The van der Waals surface area contributed by atoms with Gasteiger partial charge in [-0.2, -0.15) is 13.5 Å². The summed E-state index contributed by atoms with van der Waals surface area (Å²) in [4.78, 5) is -0.214. The van der Waals surface area contributed by atoms with E-state index in [4.69, 9.17) is 5.73 Å². The van der Waals surface area contributed by atoms with E-state index in [1.54, 1.807) is 18.2 Å². The van der Waals surface area contributed by atoms with Crippen molar-refractivity contribution in [2.45, 2.75) is 11.8 Å². The molecule has 122 valence electrons. The Morgan fingerprint density at radius 2 is 1.62 bits per heavy atom. The van der Waals surface area contributed by atoms with Gasteiger partial charge in [-0.15, -0.1) is 5.11 Å². The van der Waals surface area contributed by atoms with Crippen molar-refractivity contribution in [1.82, 2.24) is 0 Å². The van der Waals surface area contributed by atoms with Gasteiger partial charge in [0.2, 0.25) is 0 Å². The number of nitrogens with two attached hydrogens (primary N) is 1. The number of fused-ring (bicyclic) bond motifs is 1. The Bertz CT molecular complexity index is 1040. The maximum absolute atomic E-state index is 11.3. The fourth-order valence-electron chi connectivity index (χ4n) is 2.30. The highest BCUT2D eigenvalue weighted by atomic mass is 32.2. The Morgan fingerprint density at radius 3 is 2.29 bits per heavy atom. The van der Waals surface area contributed by atoms with Crippen molar-refractivity contribution in [2.75, 3.05) is 5.73 Å². The highest BCUT2D eigenvalue weighted by Crippen LogP contribution is 2.33. The topological polar surface area (TPSA) is 105 Å². The van der Waals surface area contributed by atoms with Crippen LogP contribution in [0.25, 0.3) is 10.8 Å². The minimum atomic E-state index is -4.29. The molecule has 0 unspecified atom stereocenters. The van der Waals surface area contributed by atoms with Crippen LogP contribution in [-0.2, 0) is 10.1 Å². The van der Waals surface area contributed by atoms with Crippen molar-refractivity contribution in [2.24, 2.45) is 10.2 Å². The largest absolute Gasteiger partial charge is 0.398 e. The molecular formula is C17H15N3O3S. The molecule has 0 bridgehead atoms. The summed E-state index contributed by atoms with van der Waals surface area (Å²) in [5.41, 5.74) is 8.70. The third kappa shape index (κ3) is 3.27. The zero-order valence-corrected chi connectivity index (χ0v) is 13.7. The molecule has 0 radical (unpaired) electrons. The summed E-state index contributed by atoms with van der Waals surface area (Å²) in [7, 11) is -4.29. The molecule has 0 aliphatic heterocycles. The van der Waals surface area contributed by atoms with Gasteiger partial charge in [-0.05, 0) is 43.3 Å². The number of hydrogen-bond acceptors (Lipinski definition) is 5. The van der Waals surface area contributed by atoms with Crippen LogP contribution >= 0.6 is 0 Å². The number of hydrogen-bond donors (Lipinski definition) is 2. The first-order valence-corrected chi connectivity index (χ1v) is 8.57. The van der Waals surface area contributed by atoms with Gasteiger partial charge >= 0.3 is 0 Å². The van der Waals surface area contributed by atoms with E-state index in [9.17, 15) is 13.0 Å². The molecule has 3 rings (SSSR count). The van der Waals surface area contributed by atoms with Gasteiger partial charge in [0.1, 0.15) is 0 Å². The molecule has 0 saturated heterocycles. The van der Waals surface area contributed by atoms with Crippen molar-refractivity contribution < 1.29 is 13.0 Å². The van der Waals surface area contributed by atoms with Crippen molar-refractivity contribution in [3.63, 3.8) is 0 Å². The average Bonchev–Trinajstić information content (AvgIpc) is 2.55. The molecule has 0 aliphatic carbocycles. The third-order valence-electron chi connectivity index (χ3n) is 3.60.